The quantitative estimate of drug-likeness (QED) is 0.933. The van der Waals surface area contributed by atoms with Crippen molar-refractivity contribution >= 4 is 0 Å². The summed E-state index contributed by atoms with van der Waals surface area (Å²) < 4.78 is 10.9. The number of benzene rings is 1. The zero-order valence-electron chi connectivity index (χ0n) is 12.7. The standard InChI is InChI=1S/C16H21N3O2/c1-10-4-5-12(6-11(10)2)7-14-18-15(21-19-14)16(3)9-20-8-13(16)17/h4-6,13H,7-9,17H2,1-3H3. The second kappa shape index (κ2) is 5.24. The van der Waals surface area contributed by atoms with E-state index in [1.54, 1.807) is 0 Å². The number of nitrogens with two attached hydrogens (primary N) is 1. The van der Waals surface area contributed by atoms with Gasteiger partial charge in [-0.3, -0.25) is 0 Å². The number of nitrogens with zero attached hydrogens (tertiary/aromatic N) is 2. The molecular formula is C16H21N3O2. The van der Waals surface area contributed by atoms with Gasteiger partial charge in [0, 0.05) is 12.5 Å². The zero-order chi connectivity index (χ0) is 15.0. The summed E-state index contributed by atoms with van der Waals surface area (Å²) in [5, 5.41) is 4.09. The largest absolute Gasteiger partial charge is 0.379 e. The Balaban J connectivity index is 1.80. The van der Waals surface area contributed by atoms with Crippen LogP contribution in [0.25, 0.3) is 0 Å². The maximum atomic E-state index is 6.09. The molecule has 2 atom stereocenters. The van der Waals surface area contributed by atoms with Gasteiger partial charge >= 0.3 is 0 Å². The monoisotopic (exact) mass is 287 g/mol. The molecule has 1 aromatic carbocycles. The molecule has 0 bridgehead atoms. The van der Waals surface area contributed by atoms with E-state index >= 15 is 0 Å². The normalized spacial score (nSPS) is 25.4. The first-order valence-electron chi connectivity index (χ1n) is 7.21. The first-order valence-corrected chi connectivity index (χ1v) is 7.21. The molecule has 0 saturated carbocycles. The number of hydrogen-bond acceptors (Lipinski definition) is 5. The van der Waals surface area contributed by atoms with Crippen LogP contribution in [0.4, 0.5) is 0 Å². The Kier molecular flexibility index (Phi) is 3.55. The molecule has 1 aliphatic heterocycles. The summed E-state index contributed by atoms with van der Waals surface area (Å²) in [6.07, 6.45) is 0.663. The average molecular weight is 287 g/mol. The van der Waals surface area contributed by atoms with Gasteiger partial charge in [0.25, 0.3) is 0 Å². The Morgan fingerprint density at radius 2 is 2.14 bits per heavy atom. The highest BCUT2D eigenvalue weighted by atomic mass is 16.5. The molecule has 0 aliphatic carbocycles. The topological polar surface area (TPSA) is 74.2 Å². The summed E-state index contributed by atoms with van der Waals surface area (Å²) in [6.45, 7) is 7.28. The van der Waals surface area contributed by atoms with Gasteiger partial charge in [-0.25, -0.2) is 0 Å². The van der Waals surface area contributed by atoms with Crippen LogP contribution in [-0.2, 0) is 16.6 Å². The molecule has 2 N–H and O–H groups in total. The number of aryl methyl sites for hydroxylation is 2. The Morgan fingerprint density at radius 1 is 1.33 bits per heavy atom. The third-order valence-electron chi connectivity index (χ3n) is 4.41. The first-order chi connectivity index (χ1) is 9.99. The highest BCUT2D eigenvalue weighted by molar-refractivity contribution is 5.31. The number of rotatable bonds is 3. The maximum Gasteiger partial charge on any atom is 0.236 e. The third kappa shape index (κ3) is 2.59. The summed E-state index contributed by atoms with van der Waals surface area (Å²) in [4.78, 5) is 4.52. The minimum atomic E-state index is -0.381. The van der Waals surface area contributed by atoms with Crippen LogP contribution in [0, 0.1) is 13.8 Å². The number of hydrogen-bond donors (Lipinski definition) is 1. The lowest BCUT2D eigenvalue weighted by Crippen LogP contribution is -2.42. The van der Waals surface area contributed by atoms with E-state index in [0.29, 0.717) is 31.3 Å². The van der Waals surface area contributed by atoms with Crippen LogP contribution in [0.1, 0.15) is 35.3 Å². The Labute approximate surface area is 124 Å². The van der Waals surface area contributed by atoms with E-state index in [1.807, 2.05) is 6.92 Å². The smallest absolute Gasteiger partial charge is 0.236 e. The van der Waals surface area contributed by atoms with E-state index in [4.69, 9.17) is 15.0 Å². The van der Waals surface area contributed by atoms with Crippen molar-refractivity contribution in [2.75, 3.05) is 13.2 Å². The van der Waals surface area contributed by atoms with Gasteiger partial charge in [-0.15, -0.1) is 0 Å². The SMILES string of the molecule is Cc1ccc(Cc2noc(C3(C)COCC3N)n2)cc1C. The molecule has 1 fully saturated rings. The van der Waals surface area contributed by atoms with E-state index in [0.717, 1.165) is 0 Å². The van der Waals surface area contributed by atoms with Crippen molar-refractivity contribution < 1.29 is 9.26 Å². The highest BCUT2D eigenvalue weighted by Gasteiger charge is 2.44. The molecule has 21 heavy (non-hydrogen) atoms. The van der Waals surface area contributed by atoms with E-state index in [2.05, 4.69) is 42.2 Å². The molecule has 112 valence electrons. The molecule has 1 saturated heterocycles. The van der Waals surface area contributed by atoms with Crippen molar-refractivity contribution in [1.29, 1.82) is 0 Å². The molecule has 5 nitrogen and oxygen atoms in total. The minimum absolute atomic E-state index is 0.104. The van der Waals surface area contributed by atoms with Crippen LogP contribution >= 0.6 is 0 Å². The van der Waals surface area contributed by atoms with Gasteiger partial charge in [-0.2, -0.15) is 4.98 Å². The van der Waals surface area contributed by atoms with Crippen molar-refractivity contribution in [2.24, 2.45) is 5.73 Å². The maximum absolute atomic E-state index is 6.09. The van der Waals surface area contributed by atoms with Crippen LogP contribution in [0.2, 0.25) is 0 Å². The van der Waals surface area contributed by atoms with E-state index < -0.39 is 0 Å². The molecule has 0 spiro atoms. The van der Waals surface area contributed by atoms with E-state index in [9.17, 15) is 0 Å². The lowest BCUT2D eigenvalue weighted by molar-refractivity contribution is 0.169. The molecule has 2 heterocycles. The molecule has 1 aliphatic rings. The Bertz CT molecular complexity index is 653. The van der Waals surface area contributed by atoms with Crippen LogP contribution in [0.15, 0.2) is 22.7 Å². The fourth-order valence-electron chi connectivity index (χ4n) is 2.56. The third-order valence-corrected chi connectivity index (χ3v) is 4.41. The highest BCUT2D eigenvalue weighted by Crippen LogP contribution is 2.30. The summed E-state index contributed by atoms with van der Waals surface area (Å²) in [6, 6.07) is 6.28. The van der Waals surface area contributed by atoms with E-state index in [1.165, 1.54) is 16.7 Å². The lowest BCUT2D eigenvalue weighted by Gasteiger charge is -2.21. The summed E-state index contributed by atoms with van der Waals surface area (Å²) in [5.74, 6) is 1.26. The van der Waals surface area contributed by atoms with Gasteiger partial charge in [0.1, 0.15) is 0 Å². The van der Waals surface area contributed by atoms with Gasteiger partial charge in [-0.1, -0.05) is 23.4 Å². The molecule has 1 aromatic heterocycles. The van der Waals surface area contributed by atoms with Crippen molar-refractivity contribution in [3.05, 3.63) is 46.6 Å². The fraction of sp³-hybridized carbons (Fsp3) is 0.500. The Morgan fingerprint density at radius 3 is 2.81 bits per heavy atom. The van der Waals surface area contributed by atoms with Gasteiger partial charge in [-0.05, 0) is 37.5 Å². The average Bonchev–Trinajstić information content (AvgIpc) is 3.03. The first kappa shape index (κ1) is 14.2. The van der Waals surface area contributed by atoms with Gasteiger partial charge in [0.05, 0.1) is 18.6 Å². The van der Waals surface area contributed by atoms with Crippen molar-refractivity contribution in [3.63, 3.8) is 0 Å². The van der Waals surface area contributed by atoms with E-state index in [-0.39, 0.29) is 11.5 Å². The molecule has 3 rings (SSSR count). The second-order valence-corrected chi connectivity index (χ2v) is 6.15. The predicted octanol–water partition coefficient (Wildman–Crippen LogP) is 1.89. The molecule has 2 aromatic rings. The lowest BCUT2D eigenvalue weighted by atomic mass is 9.86. The van der Waals surface area contributed by atoms with Gasteiger partial charge in [0.15, 0.2) is 5.82 Å². The van der Waals surface area contributed by atoms with Crippen molar-refractivity contribution in [3.8, 4) is 0 Å². The minimum Gasteiger partial charge on any atom is -0.379 e. The molecule has 2 unspecified atom stereocenters. The molecular weight excluding hydrogens is 266 g/mol. The second-order valence-electron chi connectivity index (χ2n) is 6.15. The summed E-state index contributed by atoms with van der Waals surface area (Å²) in [5.41, 5.74) is 9.45. The zero-order valence-corrected chi connectivity index (χ0v) is 12.7. The number of ether oxygens (including phenoxy) is 1. The molecule has 0 amide bonds. The molecule has 0 radical (unpaired) electrons. The van der Waals surface area contributed by atoms with Crippen LogP contribution < -0.4 is 5.73 Å². The predicted molar refractivity (Wildman–Crippen MR) is 79.2 cm³/mol. The van der Waals surface area contributed by atoms with Crippen molar-refractivity contribution in [1.82, 2.24) is 10.1 Å². The Hall–Kier alpha value is -1.72. The van der Waals surface area contributed by atoms with Gasteiger partial charge < -0.3 is 15.0 Å². The van der Waals surface area contributed by atoms with Crippen LogP contribution in [0.3, 0.4) is 0 Å². The molecule has 5 heteroatoms. The summed E-state index contributed by atoms with van der Waals surface area (Å²) >= 11 is 0. The van der Waals surface area contributed by atoms with Gasteiger partial charge in [0.2, 0.25) is 5.89 Å². The fourth-order valence-corrected chi connectivity index (χ4v) is 2.56. The number of aromatic nitrogens is 2. The van der Waals surface area contributed by atoms with Crippen molar-refractivity contribution in [2.45, 2.75) is 38.6 Å². The van der Waals surface area contributed by atoms with Crippen LogP contribution in [0.5, 0.6) is 0 Å². The van der Waals surface area contributed by atoms with Crippen LogP contribution in [-0.4, -0.2) is 29.4 Å². The summed E-state index contributed by atoms with van der Waals surface area (Å²) in [7, 11) is 0.